The highest BCUT2D eigenvalue weighted by Crippen LogP contribution is 2.61. The fourth-order valence-corrected chi connectivity index (χ4v) is 7.85. The molecule has 14 heteroatoms. The summed E-state index contributed by atoms with van der Waals surface area (Å²) in [6, 6.07) is 12.0. The molecule has 0 saturated carbocycles. The van der Waals surface area contributed by atoms with Crippen LogP contribution >= 0.6 is 23.2 Å². The van der Waals surface area contributed by atoms with Gasteiger partial charge in [-0.3, -0.25) is 19.2 Å². The Hall–Kier alpha value is -4.00. The molecule has 254 valence electrons. The predicted octanol–water partition coefficient (Wildman–Crippen LogP) is 5.63. The van der Waals surface area contributed by atoms with Gasteiger partial charge in [0.25, 0.3) is 5.91 Å². The normalized spacial score (nSPS) is 20.8. The fraction of sp³-hybridized carbons (Fsp3) is 0.353. The second-order valence-electron chi connectivity index (χ2n) is 12.1. The van der Waals surface area contributed by atoms with Crippen LogP contribution in [0.1, 0.15) is 74.2 Å². The van der Waals surface area contributed by atoms with Crippen LogP contribution in [0.2, 0.25) is 10.0 Å². The summed E-state index contributed by atoms with van der Waals surface area (Å²) in [6.07, 6.45) is 0.644. The Morgan fingerprint density at radius 2 is 1.69 bits per heavy atom. The molecule has 0 aliphatic carbocycles. The van der Waals surface area contributed by atoms with Crippen LogP contribution in [-0.4, -0.2) is 43.9 Å². The van der Waals surface area contributed by atoms with Crippen LogP contribution in [0.15, 0.2) is 54.6 Å². The van der Waals surface area contributed by atoms with E-state index in [9.17, 15) is 27.2 Å². The number of imide groups is 1. The van der Waals surface area contributed by atoms with Gasteiger partial charge < -0.3 is 10.1 Å². The molecule has 2 aliphatic rings. The first-order chi connectivity index (χ1) is 22.5. The topological polar surface area (TPSA) is 139 Å². The number of carbonyl (C=O) groups excluding carboxylic acids is 4. The molecular weight excluding hydrogens is 684 g/mol. The molecule has 48 heavy (non-hydrogen) atoms. The van der Waals surface area contributed by atoms with Gasteiger partial charge in [0.2, 0.25) is 27.7 Å². The van der Waals surface area contributed by atoms with Crippen molar-refractivity contribution in [3.63, 3.8) is 0 Å². The van der Waals surface area contributed by atoms with Crippen molar-refractivity contribution in [2.45, 2.75) is 69.9 Å². The minimum atomic E-state index is -3.96. The third-order valence-corrected chi connectivity index (χ3v) is 10.3. The zero-order chi connectivity index (χ0) is 35.3. The maximum Gasteiger partial charge on any atom is 0.277 e. The molecule has 0 radical (unpaired) electrons. The molecule has 0 aromatic heterocycles. The van der Waals surface area contributed by atoms with Gasteiger partial charge in [-0.2, -0.15) is 0 Å². The Labute approximate surface area is 288 Å². The molecule has 0 unspecified atom stereocenters. The van der Waals surface area contributed by atoms with E-state index in [-0.39, 0.29) is 46.3 Å². The van der Waals surface area contributed by atoms with E-state index in [1.807, 2.05) is 4.72 Å². The standard InChI is InChI=1S/C34H34Cl2FN3O7S/c1-6-33(7-2,31(43)39-48(5,45)46)47-28-13-10-20(35)14-24(28)26-17-29(42)38-30(23-16-22(37)11-8-18(23)3)34(26)25-12-9-21(36)15-27(25)40(19(4)41)32(34)44/h8-16,26,30H,6-7,17H2,1-5H3,(H,38,42)(H,39,43)/t26-,30+,34-/m0/s1. The summed E-state index contributed by atoms with van der Waals surface area (Å²) in [7, 11) is -3.96. The summed E-state index contributed by atoms with van der Waals surface area (Å²) >= 11 is 12.9. The molecule has 10 nitrogen and oxygen atoms in total. The molecule has 1 fully saturated rings. The average molecular weight is 719 g/mol. The molecule has 3 aromatic carbocycles. The lowest BCUT2D eigenvalue weighted by atomic mass is 9.58. The third-order valence-electron chi connectivity index (χ3n) is 9.26. The zero-order valence-electron chi connectivity index (χ0n) is 26.8. The second-order valence-corrected chi connectivity index (χ2v) is 14.8. The van der Waals surface area contributed by atoms with Crippen molar-refractivity contribution in [2.75, 3.05) is 11.2 Å². The maximum atomic E-state index is 15.0. The Kier molecular flexibility index (Phi) is 9.41. The van der Waals surface area contributed by atoms with E-state index in [2.05, 4.69) is 5.32 Å². The van der Waals surface area contributed by atoms with Crippen LogP contribution in [0.3, 0.4) is 0 Å². The number of nitrogens with zero attached hydrogens (tertiary/aromatic N) is 1. The number of anilines is 1. The summed E-state index contributed by atoms with van der Waals surface area (Å²) in [5.41, 5.74) is -1.79. The minimum absolute atomic E-state index is 0.0483. The summed E-state index contributed by atoms with van der Waals surface area (Å²) in [4.78, 5) is 56.3. The summed E-state index contributed by atoms with van der Waals surface area (Å²) in [6.45, 7) is 6.26. The number of fused-ring (bicyclic) bond motifs is 2. The van der Waals surface area contributed by atoms with Gasteiger partial charge in [-0.25, -0.2) is 22.4 Å². The lowest BCUT2D eigenvalue weighted by molar-refractivity contribution is -0.137. The number of piperidine rings is 1. The van der Waals surface area contributed by atoms with Crippen molar-refractivity contribution in [1.29, 1.82) is 0 Å². The van der Waals surface area contributed by atoms with Crippen LogP contribution < -0.4 is 19.7 Å². The van der Waals surface area contributed by atoms with Crippen LogP contribution in [0.25, 0.3) is 0 Å². The number of aryl methyl sites for hydroxylation is 1. The number of ether oxygens (including phenoxy) is 1. The summed E-state index contributed by atoms with van der Waals surface area (Å²) < 4.78 is 47.5. The monoisotopic (exact) mass is 717 g/mol. The third kappa shape index (κ3) is 5.94. The summed E-state index contributed by atoms with van der Waals surface area (Å²) in [5.74, 6) is -4.34. The molecule has 2 aliphatic heterocycles. The smallest absolute Gasteiger partial charge is 0.277 e. The SMILES string of the molecule is CCC(CC)(Oc1ccc(Cl)cc1[C@@H]1CC(=O)N[C@H](c2cc(F)ccc2C)[C@@]12C(=O)N(C(C)=O)c1cc(Cl)ccc12)C(=O)NS(C)(=O)=O. The quantitative estimate of drug-likeness (QED) is 0.308. The van der Waals surface area contributed by atoms with Crippen molar-refractivity contribution in [3.8, 4) is 5.75 Å². The van der Waals surface area contributed by atoms with E-state index >= 15 is 4.79 Å². The van der Waals surface area contributed by atoms with Gasteiger partial charge in [-0.05, 0) is 78.9 Å². The number of hydrogen-bond acceptors (Lipinski definition) is 7. The van der Waals surface area contributed by atoms with Crippen molar-refractivity contribution in [1.82, 2.24) is 10.0 Å². The highest BCUT2D eigenvalue weighted by atomic mass is 35.5. The number of benzene rings is 3. The van der Waals surface area contributed by atoms with Crippen LogP contribution in [0.4, 0.5) is 10.1 Å². The lowest BCUT2D eigenvalue weighted by Crippen LogP contribution is -2.59. The second kappa shape index (κ2) is 12.8. The van der Waals surface area contributed by atoms with Gasteiger partial charge in [-0.1, -0.05) is 49.2 Å². The number of sulfonamides is 1. The molecule has 0 bridgehead atoms. The molecular formula is C34H34Cl2FN3O7S. The van der Waals surface area contributed by atoms with Crippen molar-refractivity contribution >= 4 is 62.5 Å². The Morgan fingerprint density at radius 3 is 2.31 bits per heavy atom. The van der Waals surface area contributed by atoms with Gasteiger partial charge in [-0.15, -0.1) is 0 Å². The van der Waals surface area contributed by atoms with Crippen molar-refractivity contribution in [2.24, 2.45) is 0 Å². The van der Waals surface area contributed by atoms with E-state index in [0.717, 1.165) is 11.2 Å². The molecule has 4 amide bonds. The number of nitrogens with one attached hydrogen (secondary N) is 2. The highest BCUT2D eigenvalue weighted by Gasteiger charge is 2.65. The van der Waals surface area contributed by atoms with E-state index < -0.39 is 62.4 Å². The first kappa shape index (κ1) is 35.3. The number of hydrogen-bond donors (Lipinski definition) is 2. The van der Waals surface area contributed by atoms with Crippen molar-refractivity contribution in [3.05, 3.63) is 92.7 Å². The Bertz CT molecular complexity index is 1970. The first-order valence-electron chi connectivity index (χ1n) is 15.2. The number of carbonyl (C=O) groups is 4. The van der Waals surface area contributed by atoms with E-state index in [1.54, 1.807) is 32.9 Å². The van der Waals surface area contributed by atoms with E-state index in [0.29, 0.717) is 16.7 Å². The van der Waals surface area contributed by atoms with E-state index in [1.165, 1.54) is 49.4 Å². The molecule has 2 heterocycles. The zero-order valence-corrected chi connectivity index (χ0v) is 29.1. The largest absolute Gasteiger partial charge is 0.477 e. The Morgan fingerprint density at radius 1 is 1.04 bits per heavy atom. The molecule has 5 rings (SSSR count). The van der Waals surface area contributed by atoms with Gasteiger partial charge in [0.1, 0.15) is 17.0 Å². The van der Waals surface area contributed by atoms with Crippen LogP contribution in [-0.2, 0) is 34.6 Å². The average Bonchev–Trinajstić information content (AvgIpc) is 3.25. The predicted molar refractivity (Wildman–Crippen MR) is 179 cm³/mol. The van der Waals surface area contributed by atoms with Crippen molar-refractivity contribution < 1.29 is 36.7 Å². The van der Waals surface area contributed by atoms with Gasteiger partial charge >= 0.3 is 0 Å². The molecule has 1 spiro atoms. The van der Waals surface area contributed by atoms with Crippen LogP contribution in [0.5, 0.6) is 5.75 Å². The molecule has 3 aromatic rings. The number of amides is 4. The number of halogens is 3. The Balaban J connectivity index is 1.84. The van der Waals surface area contributed by atoms with Crippen LogP contribution in [0, 0.1) is 12.7 Å². The first-order valence-corrected chi connectivity index (χ1v) is 17.8. The molecule has 1 saturated heterocycles. The maximum absolute atomic E-state index is 15.0. The van der Waals surface area contributed by atoms with Gasteiger partial charge in [0.15, 0.2) is 5.60 Å². The highest BCUT2D eigenvalue weighted by molar-refractivity contribution is 7.89. The summed E-state index contributed by atoms with van der Waals surface area (Å²) in [5, 5.41) is 3.38. The molecule has 2 N–H and O–H groups in total. The van der Waals surface area contributed by atoms with Gasteiger partial charge in [0, 0.05) is 34.9 Å². The minimum Gasteiger partial charge on any atom is -0.477 e. The number of rotatable bonds is 8. The lowest BCUT2D eigenvalue weighted by Gasteiger charge is -2.47. The van der Waals surface area contributed by atoms with E-state index in [4.69, 9.17) is 27.9 Å². The fourth-order valence-electron chi connectivity index (χ4n) is 6.98. The van der Waals surface area contributed by atoms with Gasteiger partial charge in [0.05, 0.1) is 18.0 Å². The molecule has 3 atom stereocenters.